The van der Waals surface area contributed by atoms with E-state index in [2.05, 4.69) is 23.9 Å². The van der Waals surface area contributed by atoms with Crippen LogP contribution in [0.1, 0.15) is 23.7 Å². The summed E-state index contributed by atoms with van der Waals surface area (Å²) in [7, 11) is 0. The molecule has 0 aromatic heterocycles. The Kier molecular flexibility index (Phi) is 4.26. The summed E-state index contributed by atoms with van der Waals surface area (Å²) in [6.07, 6.45) is 5.98. The minimum atomic E-state index is -0.207. The average Bonchev–Trinajstić information content (AvgIpc) is 2.25. The van der Waals surface area contributed by atoms with Gasteiger partial charge in [0.05, 0.1) is 6.04 Å². The number of amides is 1. The predicted octanol–water partition coefficient (Wildman–Crippen LogP) is 2.12. The van der Waals surface area contributed by atoms with Crippen molar-refractivity contribution in [3.63, 3.8) is 0 Å². The van der Waals surface area contributed by atoms with E-state index in [0.29, 0.717) is 5.56 Å². The fourth-order valence-corrected chi connectivity index (χ4v) is 1.38. The Morgan fingerprint density at radius 3 is 2.93 bits per heavy atom. The van der Waals surface area contributed by atoms with Crippen LogP contribution in [0.3, 0.4) is 0 Å². The van der Waals surface area contributed by atoms with E-state index >= 15 is 0 Å². The molecule has 0 aliphatic rings. The number of carbonyl (C=O) groups is 1. The van der Waals surface area contributed by atoms with Gasteiger partial charge in [-0.2, -0.15) is 0 Å². The SMILES string of the molecule is C#CC(CC)NC(=O)c1cccc(S)c1. The monoisotopic (exact) mass is 219 g/mol. The maximum atomic E-state index is 11.7. The molecule has 1 amide bonds. The van der Waals surface area contributed by atoms with E-state index in [4.69, 9.17) is 6.42 Å². The molecule has 0 aliphatic heterocycles. The first kappa shape index (κ1) is 11.7. The van der Waals surface area contributed by atoms with Crippen LogP contribution in [0.5, 0.6) is 0 Å². The Hall–Kier alpha value is -1.40. The van der Waals surface area contributed by atoms with E-state index in [1.807, 2.05) is 13.0 Å². The van der Waals surface area contributed by atoms with Crippen LogP contribution in [-0.2, 0) is 0 Å². The fraction of sp³-hybridized carbons (Fsp3) is 0.250. The third-order valence-corrected chi connectivity index (χ3v) is 2.30. The molecule has 1 rings (SSSR count). The second-order valence-electron chi connectivity index (χ2n) is 3.15. The Morgan fingerprint density at radius 1 is 1.67 bits per heavy atom. The highest BCUT2D eigenvalue weighted by Crippen LogP contribution is 2.08. The van der Waals surface area contributed by atoms with Gasteiger partial charge in [-0.15, -0.1) is 19.1 Å². The van der Waals surface area contributed by atoms with Crippen LogP contribution in [0.2, 0.25) is 0 Å². The minimum absolute atomic E-state index is 0.157. The second-order valence-corrected chi connectivity index (χ2v) is 3.67. The second kappa shape index (κ2) is 5.47. The molecule has 0 bridgehead atoms. The smallest absolute Gasteiger partial charge is 0.252 e. The summed E-state index contributed by atoms with van der Waals surface area (Å²) >= 11 is 4.16. The van der Waals surface area contributed by atoms with Crippen molar-refractivity contribution in [3.05, 3.63) is 29.8 Å². The van der Waals surface area contributed by atoms with Crippen LogP contribution < -0.4 is 5.32 Å². The van der Waals surface area contributed by atoms with Crippen LogP contribution in [0.4, 0.5) is 0 Å². The van der Waals surface area contributed by atoms with Crippen molar-refractivity contribution in [1.29, 1.82) is 0 Å². The van der Waals surface area contributed by atoms with Crippen LogP contribution in [0.15, 0.2) is 29.2 Å². The molecule has 0 saturated heterocycles. The highest BCUT2D eigenvalue weighted by Gasteiger charge is 2.09. The molecule has 1 unspecified atom stereocenters. The molecule has 1 N–H and O–H groups in total. The molecule has 0 radical (unpaired) electrons. The van der Waals surface area contributed by atoms with Gasteiger partial charge in [0.25, 0.3) is 5.91 Å². The molecular formula is C12H13NOS. The van der Waals surface area contributed by atoms with Gasteiger partial charge in [0.15, 0.2) is 0 Å². The van der Waals surface area contributed by atoms with Crippen molar-refractivity contribution in [2.45, 2.75) is 24.3 Å². The lowest BCUT2D eigenvalue weighted by molar-refractivity contribution is 0.0945. The van der Waals surface area contributed by atoms with Gasteiger partial charge in [-0.05, 0) is 24.6 Å². The zero-order valence-corrected chi connectivity index (χ0v) is 9.42. The number of hydrogen-bond acceptors (Lipinski definition) is 2. The van der Waals surface area contributed by atoms with Crippen LogP contribution in [0, 0.1) is 12.3 Å². The largest absolute Gasteiger partial charge is 0.338 e. The number of carbonyl (C=O) groups excluding carboxylic acids is 1. The first-order valence-electron chi connectivity index (χ1n) is 4.73. The zero-order chi connectivity index (χ0) is 11.3. The molecule has 15 heavy (non-hydrogen) atoms. The third-order valence-electron chi connectivity index (χ3n) is 2.02. The average molecular weight is 219 g/mol. The minimum Gasteiger partial charge on any atom is -0.338 e. The maximum Gasteiger partial charge on any atom is 0.252 e. The quantitative estimate of drug-likeness (QED) is 0.592. The van der Waals surface area contributed by atoms with Gasteiger partial charge in [0, 0.05) is 10.5 Å². The van der Waals surface area contributed by atoms with E-state index in [1.54, 1.807) is 18.2 Å². The Balaban J connectivity index is 2.74. The lowest BCUT2D eigenvalue weighted by Gasteiger charge is -2.10. The molecule has 0 aliphatic carbocycles. The summed E-state index contributed by atoms with van der Waals surface area (Å²) < 4.78 is 0. The van der Waals surface area contributed by atoms with Gasteiger partial charge in [-0.3, -0.25) is 4.79 Å². The Bertz CT molecular complexity index is 395. The van der Waals surface area contributed by atoms with Gasteiger partial charge in [-0.1, -0.05) is 18.9 Å². The predicted molar refractivity (Wildman–Crippen MR) is 64.1 cm³/mol. The summed E-state index contributed by atoms with van der Waals surface area (Å²) in [5.74, 6) is 2.36. The maximum absolute atomic E-state index is 11.7. The van der Waals surface area contributed by atoms with Crippen LogP contribution in [0.25, 0.3) is 0 Å². The molecule has 1 aromatic rings. The topological polar surface area (TPSA) is 29.1 Å². The molecule has 0 fully saturated rings. The number of benzene rings is 1. The number of rotatable bonds is 3. The number of terminal acetylenes is 1. The van der Waals surface area contributed by atoms with E-state index < -0.39 is 0 Å². The molecule has 3 heteroatoms. The summed E-state index contributed by atoms with van der Waals surface area (Å²) in [4.78, 5) is 12.4. The van der Waals surface area contributed by atoms with Crippen molar-refractivity contribution in [2.24, 2.45) is 0 Å². The van der Waals surface area contributed by atoms with Gasteiger partial charge in [-0.25, -0.2) is 0 Å². The highest BCUT2D eigenvalue weighted by molar-refractivity contribution is 7.80. The summed E-state index contributed by atoms with van der Waals surface area (Å²) in [5, 5.41) is 2.75. The molecule has 1 aromatic carbocycles. The normalized spacial score (nSPS) is 11.5. The Labute approximate surface area is 95.5 Å². The standard InChI is InChI=1S/C12H13NOS/c1-3-10(4-2)13-12(14)9-6-5-7-11(15)8-9/h1,5-8,10,15H,4H2,2H3,(H,13,14). The van der Waals surface area contributed by atoms with Crippen LogP contribution in [-0.4, -0.2) is 11.9 Å². The van der Waals surface area contributed by atoms with E-state index in [-0.39, 0.29) is 11.9 Å². The third kappa shape index (κ3) is 3.34. The van der Waals surface area contributed by atoms with Gasteiger partial charge in [0.2, 0.25) is 0 Å². The van der Waals surface area contributed by atoms with Gasteiger partial charge < -0.3 is 5.32 Å². The van der Waals surface area contributed by atoms with Gasteiger partial charge >= 0.3 is 0 Å². The van der Waals surface area contributed by atoms with E-state index in [1.165, 1.54) is 0 Å². The molecule has 0 saturated carbocycles. The molecule has 0 spiro atoms. The molecule has 0 heterocycles. The zero-order valence-electron chi connectivity index (χ0n) is 8.53. The van der Waals surface area contributed by atoms with Crippen molar-refractivity contribution in [2.75, 3.05) is 0 Å². The molecule has 78 valence electrons. The lowest BCUT2D eigenvalue weighted by atomic mass is 10.2. The molecule has 1 atom stereocenters. The lowest BCUT2D eigenvalue weighted by Crippen LogP contribution is -2.33. The summed E-state index contributed by atoms with van der Waals surface area (Å²) in [6.45, 7) is 1.93. The van der Waals surface area contributed by atoms with E-state index in [0.717, 1.165) is 11.3 Å². The van der Waals surface area contributed by atoms with Crippen molar-refractivity contribution in [1.82, 2.24) is 5.32 Å². The van der Waals surface area contributed by atoms with Gasteiger partial charge in [0.1, 0.15) is 0 Å². The summed E-state index contributed by atoms with van der Waals surface area (Å²) in [5.41, 5.74) is 0.580. The first-order chi connectivity index (χ1) is 7.17. The highest BCUT2D eigenvalue weighted by atomic mass is 32.1. The summed E-state index contributed by atoms with van der Waals surface area (Å²) in [6, 6.07) is 6.84. The number of hydrogen-bond donors (Lipinski definition) is 2. The Morgan fingerprint density at radius 2 is 2.40 bits per heavy atom. The van der Waals surface area contributed by atoms with Crippen LogP contribution >= 0.6 is 12.6 Å². The molecule has 2 nitrogen and oxygen atoms in total. The van der Waals surface area contributed by atoms with Crippen molar-refractivity contribution in [3.8, 4) is 12.3 Å². The van der Waals surface area contributed by atoms with E-state index in [9.17, 15) is 4.79 Å². The van der Waals surface area contributed by atoms with Crippen molar-refractivity contribution < 1.29 is 4.79 Å². The number of nitrogens with one attached hydrogen (secondary N) is 1. The molecular weight excluding hydrogens is 206 g/mol. The fourth-order valence-electron chi connectivity index (χ4n) is 1.15. The first-order valence-corrected chi connectivity index (χ1v) is 5.18. The van der Waals surface area contributed by atoms with Crippen molar-refractivity contribution >= 4 is 18.5 Å². The number of thiol groups is 1.